The Bertz CT molecular complexity index is 995. The second kappa shape index (κ2) is 9.34. The summed E-state index contributed by atoms with van der Waals surface area (Å²) in [5, 5.41) is 11.1. The van der Waals surface area contributed by atoms with Gasteiger partial charge in [0.1, 0.15) is 5.76 Å². The third-order valence-electron chi connectivity index (χ3n) is 5.81. The van der Waals surface area contributed by atoms with E-state index in [0.717, 1.165) is 28.7 Å². The number of amides is 1. The number of morpholine rings is 1. The number of aryl methyl sites for hydroxylation is 1. The average molecular weight is 485 g/mol. The molecule has 7 heteroatoms. The van der Waals surface area contributed by atoms with Crippen LogP contribution in [-0.2, 0) is 14.3 Å². The predicted octanol–water partition coefficient (Wildman–Crippen LogP) is 3.51. The topological polar surface area (TPSA) is 70.1 Å². The first-order valence-electron chi connectivity index (χ1n) is 10.4. The summed E-state index contributed by atoms with van der Waals surface area (Å²) < 4.78 is 6.26. The molecular weight excluding hydrogens is 460 g/mol. The van der Waals surface area contributed by atoms with E-state index in [4.69, 9.17) is 4.74 Å². The molecule has 0 unspecified atom stereocenters. The number of hydrogen-bond donors (Lipinski definition) is 1. The molecule has 2 fully saturated rings. The number of benzene rings is 2. The van der Waals surface area contributed by atoms with Crippen LogP contribution < -0.4 is 0 Å². The highest BCUT2D eigenvalue weighted by molar-refractivity contribution is 9.10. The molecule has 0 aliphatic carbocycles. The van der Waals surface area contributed by atoms with E-state index in [-0.39, 0.29) is 11.3 Å². The first-order valence-corrected chi connectivity index (χ1v) is 11.2. The first kappa shape index (κ1) is 21.7. The molecule has 31 heavy (non-hydrogen) atoms. The molecule has 162 valence electrons. The lowest BCUT2D eigenvalue weighted by Crippen LogP contribution is -2.42. The van der Waals surface area contributed by atoms with Gasteiger partial charge in [0, 0.05) is 36.2 Å². The van der Waals surface area contributed by atoms with Crippen molar-refractivity contribution in [2.45, 2.75) is 13.0 Å². The molecule has 1 amide bonds. The van der Waals surface area contributed by atoms with Crippen LogP contribution in [0.4, 0.5) is 0 Å². The Balaban J connectivity index is 1.72. The van der Waals surface area contributed by atoms with Crippen LogP contribution in [0.5, 0.6) is 0 Å². The molecule has 1 N–H and O–H groups in total. The number of carbonyl (C=O) groups is 2. The van der Waals surface area contributed by atoms with Crippen molar-refractivity contribution in [3.8, 4) is 0 Å². The number of rotatable bonds is 5. The number of Topliss-reactive ketones (excluding diaryl/α,β-unsaturated/α-hetero) is 1. The van der Waals surface area contributed by atoms with Gasteiger partial charge in [-0.3, -0.25) is 14.5 Å². The second-order valence-corrected chi connectivity index (χ2v) is 8.78. The fraction of sp³-hybridized carbons (Fsp3) is 0.333. The summed E-state index contributed by atoms with van der Waals surface area (Å²) in [6.45, 7) is 5.99. The second-order valence-electron chi connectivity index (χ2n) is 7.86. The first-order chi connectivity index (χ1) is 15.0. The van der Waals surface area contributed by atoms with Crippen LogP contribution >= 0.6 is 15.9 Å². The number of aliphatic hydroxyl groups is 1. The molecule has 0 bridgehead atoms. The van der Waals surface area contributed by atoms with Crippen LogP contribution in [0.3, 0.4) is 0 Å². The molecule has 0 aromatic heterocycles. The Hall–Kier alpha value is -2.48. The van der Waals surface area contributed by atoms with Gasteiger partial charge >= 0.3 is 0 Å². The number of nitrogens with zero attached hydrogens (tertiary/aromatic N) is 2. The quantitative estimate of drug-likeness (QED) is 0.399. The Morgan fingerprint density at radius 1 is 1.03 bits per heavy atom. The van der Waals surface area contributed by atoms with Crippen molar-refractivity contribution in [3.63, 3.8) is 0 Å². The third kappa shape index (κ3) is 4.59. The lowest BCUT2D eigenvalue weighted by molar-refractivity contribution is -0.140. The summed E-state index contributed by atoms with van der Waals surface area (Å²) in [6, 6.07) is 14.2. The fourth-order valence-corrected chi connectivity index (χ4v) is 4.31. The maximum atomic E-state index is 13.0. The van der Waals surface area contributed by atoms with Gasteiger partial charge in [-0.25, -0.2) is 0 Å². The van der Waals surface area contributed by atoms with Crippen molar-refractivity contribution in [1.29, 1.82) is 0 Å². The van der Waals surface area contributed by atoms with E-state index in [1.807, 2.05) is 31.2 Å². The van der Waals surface area contributed by atoms with Crippen LogP contribution in [0.1, 0.15) is 22.7 Å². The lowest BCUT2D eigenvalue weighted by atomic mass is 9.95. The van der Waals surface area contributed by atoms with Gasteiger partial charge in [-0.1, -0.05) is 57.9 Å². The smallest absolute Gasteiger partial charge is 0.295 e. The van der Waals surface area contributed by atoms with Gasteiger partial charge in [-0.15, -0.1) is 0 Å². The maximum Gasteiger partial charge on any atom is 0.295 e. The number of ether oxygens (including phenoxy) is 1. The van der Waals surface area contributed by atoms with Crippen molar-refractivity contribution in [2.24, 2.45) is 0 Å². The largest absolute Gasteiger partial charge is 0.507 e. The van der Waals surface area contributed by atoms with Crippen molar-refractivity contribution in [3.05, 3.63) is 75.3 Å². The molecule has 2 saturated heterocycles. The molecule has 2 aromatic carbocycles. The highest BCUT2D eigenvalue weighted by Gasteiger charge is 2.46. The highest BCUT2D eigenvalue weighted by Crippen LogP contribution is 2.39. The Kier molecular flexibility index (Phi) is 6.55. The Morgan fingerprint density at radius 3 is 2.32 bits per heavy atom. The number of ketones is 1. The summed E-state index contributed by atoms with van der Waals surface area (Å²) in [6.07, 6.45) is 0. The molecule has 4 rings (SSSR count). The maximum absolute atomic E-state index is 13.0. The Morgan fingerprint density at radius 2 is 1.68 bits per heavy atom. The lowest BCUT2D eigenvalue weighted by Gasteiger charge is -2.31. The average Bonchev–Trinajstić information content (AvgIpc) is 3.04. The molecule has 0 spiro atoms. The van der Waals surface area contributed by atoms with E-state index in [9.17, 15) is 14.7 Å². The SMILES string of the molecule is Cc1ccc([C@@H]2/C(=C(\O)c3ccc(Br)cc3)C(=O)C(=O)N2CCN2CCOCC2)cc1. The molecule has 6 nitrogen and oxygen atoms in total. The fourth-order valence-electron chi connectivity index (χ4n) is 4.04. The molecular formula is C24H25BrN2O4. The van der Waals surface area contributed by atoms with E-state index >= 15 is 0 Å². The number of carbonyl (C=O) groups excluding carboxylic acids is 2. The Labute approximate surface area is 190 Å². The van der Waals surface area contributed by atoms with Gasteiger partial charge in [-0.05, 0) is 24.6 Å². The summed E-state index contributed by atoms with van der Waals surface area (Å²) in [4.78, 5) is 29.9. The predicted molar refractivity (Wildman–Crippen MR) is 122 cm³/mol. The van der Waals surface area contributed by atoms with Gasteiger partial charge in [0.15, 0.2) is 0 Å². The third-order valence-corrected chi connectivity index (χ3v) is 6.34. The van der Waals surface area contributed by atoms with E-state index in [0.29, 0.717) is 31.9 Å². The van der Waals surface area contributed by atoms with Crippen molar-refractivity contribution >= 4 is 33.4 Å². The van der Waals surface area contributed by atoms with Gasteiger partial charge in [0.2, 0.25) is 0 Å². The van der Waals surface area contributed by atoms with Crippen LogP contribution in [0, 0.1) is 6.92 Å². The molecule has 0 radical (unpaired) electrons. The number of aliphatic hydroxyl groups excluding tert-OH is 1. The number of likely N-dealkylation sites (tertiary alicyclic amines) is 1. The number of hydrogen-bond acceptors (Lipinski definition) is 5. The zero-order valence-electron chi connectivity index (χ0n) is 17.4. The van der Waals surface area contributed by atoms with Crippen molar-refractivity contribution < 1.29 is 19.4 Å². The summed E-state index contributed by atoms with van der Waals surface area (Å²) in [5.41, 5.74) is 2.54. The highest BCUT2D eigenvalue weighted by atomic mass is 79.9. The van der Waals surface area contributed by atoms with Gasteiger partial charge in [-0.2, -0.15) is 0 Å². The van der Waals surface area contributed by atoms with Gasteiger partial charge in [0.05, 0.1) is 24.8 Å². The van der Waals surface area contributed by atoms with E-state index < -0.39 is 17.7 Å². The van der Waals surface area contributed by atoms with Gasteiger partial charge < -0.3 is 14.7 Å². The minimum absolute atomic E-state index is 0.137. The van der Waals surface area contributed by atoms with Crippen molar-refractivity contribution in [2.75, 3.05) is 39.4 Å². The summed E-state index contributed by atoms with van der Waals surface area (Å²) >= 11 is 3.38. The zero-order chi connectivity index (χ0) is 22.0. The minimum Gasteiger partial charge on any atom is -0.507 e. The molecule has 2 aliphatic rings. The molecule has 1 atom stereocenters. The molecule has 0 saturated carbocycles. The van der Waals surface area contributed by atoms with E-state index in [2.05, 4.69) is 20.8 Å². The number of halogens is 1. The van der Waals surface area contributed by atoms with Crippen LogP contribution in [0.15, 0.2) is 58.6 Å². The van der Waals surface area contributed by atoms with Crippen LogP contribution in [0.2, 0.25) is 0 Å². The molecule has 2 aliphatic heterocycles. The van der Waals surface area contributed by atoms with E-state index in [1.54, 1.807) is 29.2 Å². The summed E-state index contributed by atoms with van der Waals surface area (Å²) in [7, 11) is 0. The summed E-state index contributed by atoms with van der Waals surface area (Å²) in [5.74, 6) is -1.37. The minimum atomic E-state index is -0.645. The monoisotopic (exact) mass is 484 g/mol. The van der Waals surface area contributed by atoms with Crippen LogP contribution in [-0.4, -0.2) is 66.0 Å². The van der Waals surface area contributed by atoms with Crippen LogP contribution in [0.25, 0.3) is 5.76 Å². The standard InChI is InChI=1S/C24H25BrN2O4/c1-16-2-4-17(5-3-16)21-20(22(28)18-6-8-19(25)9-7-18)23(29)24(30)27(21)11-10-26-12-14-31-15-13-26/h2-9,21,28H,10-15H2,1H3/b22-20+/t21-/m1/s1. The zero-order valence-corrected chi connectivity index (χ0v) is 19.0. The van der Waals surface area contributed by atoms with Crippen molar-refractivity contribution in [1.82, 2.24) is 9.80 Å². The molecule has 2 heterocycles. The normalized spacial score (nSPS) is 21.6. The molecule has 2 aromatic rings. The van der Waals surface area contributed by atoms with E-state index in [1.165, 1.54) is 0 Å². The van der Waals surface area contributed by atoms with Gasteiger partial charge in [0.25, 0.3) is 11.7 Å².